The molecule has 3 N–H and O–H groups in total. The highest BCUT2D eigenvalue weighted by molar-refractivity contribution is 5.78. The number of nitriles is 1. The van der Waals surface area contributed by atoms with Gasteiger partial charge >= 0.3 is 123 Å². The van der Waals surface area contributed by atoms with E-state index in [1.165, 1.54) is 0 Å². The molecule has 0 spiro atoms. The molecule has 5 aliphatic carbocycles. The van der Waals surface area contributed by atoms with E-state index in [4.69, 9.17) is 5.26 Å². The van der Waals surface area contributed by atoms with E-state index in [1.54, 1.807) is 0 Å². The molecule has 5 fully saturated rings. The average molecular weight is 2230 g/mol. The summed E-state index contributed by atoms with van der Waals surface area (Å²) in [6.07, 6.45) is -138. The molecule has 5 saturated carbocycles. The Morgan fingerprint density at radius 2 is 0.503 bits per heavy atom. The van der Waals surface area contributed by atoms with Crippen LogP contribution in [0, 0.1) is 92.7 Å². The Hall–Kier alpha value is -6.07. The highest BCUT2D eigenvalue weighted by Gasteiger charge is 2.85. The molecule has 846 valence electrons. The van der Waals surface area contributed by atoms with E-state index >= 15 is 0 Å². The lowest BCUT2D eigenvalue weighted by Crippen LogP contribution is -2.68. The Balaban J connectivity index is 0.000000655. The summed E-state index contributed by atoms with van der Waals surface area (Å²) in [7, 11) is 2.06. The number of ether oxygens (including phenoxy) is 10. The van der Waals surface area contributed by atoms with Crippen LogP contribution in [0.3, 0.4) is 0 Å². The van der Waals surface area contributed by atoms with Crippen LogP contribution in [0.25, 0.3) is 0 Å². The lowest BCUT2D eigenvalue weighted by atomic mass is 9.65. The average Bonchev–Trinajstić information content (AvgIpc) is 0.997. The number of nitrogens with zero attached hydrogens (tertiary/aromatic N) is 1. The van der Waals surface area contributed by atoms with Crippen molar-refractivity contribution in [2.45, 2.75) is 314 Å². The van der Waals surface area contributed by atoms with Gasteiger partial charge in [-0.15, -0.1) is 0 Å². The van der Waals surface area contributed by atoms with E-state index in [2.05, 4.69) is 47.4 Å². The Labute approximate surface area is 773 Å². The van der Waals surface area contributed by atoms with Gasteiger partial charge in [-0.25, -0.2) is 0 Å². The molecule has 5 aliphatic rings. The minimum Gasteiger partial charge on any atom is -0.462 e. The van der Waals surface area contributed by atoms with Gasteiger partial charge in [0.2, 0.25) is 0 Å². The largest absolute Gasteiger partial charge is 0.462 e. The van der Waals surface area contributed by atoms with Gasteiger partial charge in [-0.05, 0) is 147 Å². The van der Waals surface area contributed by atoms with Crippen molar-refractivity contribution in [3.63, 3.8) is 0 Å². The third-order valence-corrected chi connectivity index (χ3v) is 26.9. The molecule has 0 aromatic rings. The van der Waals surface area contributed by atoms with Crippen LogP contribution in [0.5, 0.6) is 0 Å². The minimum atomic E-state index is -6.79. The fourth-order valence-electron chi connectivity index (χ4n) is 17.8. The predicted molar refractivity (Wildman–Crippen MR) is 369 cm³/mol. The zero-order valence-corrected chi connectivity index (χ0v) is 74.4. The van der Waals surface area contributed by atoms with Crippen LogP contribution >= 0.6 is 0 Å². The fourth-order valence-corrected chi connectivity index (χ4v) is 17.8. The van der Waals surface area contributed by atoms with Crippen LogP contribution in [-0.2, 0) is 61.8 Å². The summed E-state index contributed by atoms with van der Waals surface area (Å²) in [4.78, 5) is 37.0. The van der Waals surface area contributed by atoms with Crippen LogP contribution in [0.15, 0.2) is 0 Å². The molecule has 0 aromatic heterocycles. The summed E-state index contributed by atoms with van der Waals surface area (Å²) < 4.78 is 737. The number of hydrogen-bond donors (Lipinski definition) is 3. The Morgan fingerprint density at radius 3 is 0.678 bits per heavy atom. The number of aliphatic hydroxyl groups is 3. The summed E-state index contributed by atoms with van der Waals surface area (Å²) in [5, 5.41) is 37.8. The molecule has 17 unspecified atom stereocenters. The third kappa shape index (κ3) is 25.9. The van der Waals surface area contributed by atoms with Gasteiger partial charge in [-0.2, -0.15) is 229 Å². The number of fused-ring (bicyclic) bond motifs is 2. The van der Waals surface area contributed by atoms with Crippen LogP contribution in [0.2, 0.25) is 0 Å². The lowest BCUT2D eigenvalue weighted by Gasteiger charge is -2.50. The summed E-state index contributed by atoms with van der Waals surface area (Å²) >= 11 is 0. The van der Waals surface area contributed by atoms with Crippen molar-refractivity contribution in [3.8, 4) is 6.07 Å². The Morgan fingerprint density at radius 1 is 0.287 bits per heavy atom. The molecule has 0 radical (unpaired) electrons. The van der Waals surface area contributed by atoms with Crippen molar-refractivity contribution in [2.75, 3.05) is 48.3 Å². The molecule has 2 bridgehead atoms. The number of hydrogen-bond acceptors (Lipinski definition) is 17. The zero-order chi connectivity index (χ0) is 114. The van der Waals surface area contributed by atoms with Gasteiger partial charge < -0.3 is 62.7 Å². The molecular weight excluding hydrogens is 2140 g/mol. The predicted octanol–water partition coefficient (Wildman–Crippen LogP) is 24.6. The molecule has 5 rings (SSSR count). The van der Waals surface area contributed by atoms with Gasteiger partial charge in [0.15, 0.2) is 16.2 Å². The molecule has 0 amide bonds. The molecule has 0 saturated heterocycles. The summed E-state index contributed by atoms with van der Waals surface area (Å²) in [5.74, 6) is -28.8. The lowest BCUT2D eigenvalue weighted by molar-refractivity contribution is -0.421. The van der Waals surface area contributed by atoms with E-state index in [0.717, 1.165) is 34.0 Å². The number of alkyl halides is 51. The highest BCUT2D eigenvalue weighted by atomic mass is 19.5. The zero-order valence-electron chi connectivity index (χ0n) is 74.4. The maximum Gasteiger partial charge on any atom is 0.426 e. The SMILES string of the molecule is CCC(C)(C(=O)OC1CC(C(O)(C(F)(F)F)C(F)(F)F)CC(C(OCC#N)(C(F)(F)F)C(F)(F)F)C1)C(F)(F)F.CCC(C)(C(=O)OC1CC(C(O)(C(F)(F)F)C(F)(F)F)CC(C(OCOC)(C(F)(F)F)C(F)(F)F)C1)C(F)(F)F.CCC(C)(C(=O)OC1CC(C(O)(C(F)(F)F)C(F)(F)F)CC(C(OCOC)(C(F)(F)F)C(F)(F)F)C1)C(F)(F)F.COCOC(CC1CC2CC1C(C)C2C)(C(F)(F)F)C(F)(F)F. The number of esters is 3. The van der Waals surface area contributed by atoms with Crippen LogP contribution in [0.4, 0.5) is 224 Å². The molecule has 0 aliphatic heterocycles. The normalized spacial score (nSPS) is 25.7. The van der Waals surface area contributed by atoms with Crippen molar-refractivity contribution in [1.29, 1.82) is 5.26 Å². The molecule has 17 atom stereocenters. The van der Waals surface area contributed by atoms with E-state index in [9.17, 15) is 254 Å². The van der Waals surface area contributed by atoms with E-state index in [1.807, 2.05) is 13.8 Å². The third-order valence-electron chi connectivity index (χ3n) is 26.9. The number of carbonyl (C=O) groups is 3. The smallest absolute Gasteiger partial charge is 0.426 e. The molecule has 0 heterocycles. The van der Waals surface area contributed by atoms with Crippen molar-refractivity contribution in [1.82, 2.24) is 0 Å². The second-order valence-electron chi connectivity index (χ2n) is 34.9. The molecule has 68 heteroatoms. The van der Waals surface area contributed by atoms with Crippen molar-refractivity contribution >= 4 is 17.9 Å². The maximum atomic E-state index is 14.0. The Kier molecular flexibility index (Phi) is 41.0. The van der Waals surface area contributed by atoms with Gasteiger partial charge in [-0.3, -0.25) is 14.4 Å². The number of carbonyl (C=O) groups excluding carboxylic acids is 3. The standard InChI is InChI=1S/C20H20F15NO4.2C20H23F15O5.C15H22F6O2/c1-3-13(2,16(21,22)23)12(37)40-11-7-9(14(38,17(24,25)26)18(27,28)29)6-10(8-11)15(19(30,31)32,20(33,34)35)39-5-4-36;2*1-4-13(2,16(21,22)23)12(36)40-11-6-9(14(37,17(24,25)26)18(27,28)29)5-10(7-11)15(19(30,31)32,20(33,34)35)39-8-38-3;1-8-9(2)12-5-10(8)4-11(12)6-13(14(16,17)18,15(19,20)21)23-7-22-3/h9-11,38H,3,5-8H2,1-2H3;2*9-11,37H,4-8H2,1-3H3;8-12H,4-7H2,1-3H3. The molecular formula is C75H88F51NO16. The van der Waals surface area contributed by atoms with Gasteiger partial charge in [0, 0.05) is 56.8 Å². The Bertz CT molecular complexity index is 3880. The topological polar surface area (TPSA) is 228 Å². The van der Waals surface area contributed by atoms with Gasteiger partial charge in [-0.1, -0.05) is 34.6 Å². The first-order valence-electron chi connectivity index (χ1n) is 40.5. The second-order valence-corrected chi connectivity index (χ2v) is 34.9. The van der Waals surface area contributed by atoms with Gasteiger partial charge in [0.1, 0.15) is 45.3 Å². The van der Waals surface area contributed by atoms with Crippen LogP contribution < -0.4 is 0 Å². The molecule has 17 nitrogen and oxygen atoms in total. The van der Waals surface area contributed by atoms with Gasteiger partial charge in [0.05, 0.1) is 6.07 Å². The first kappa shape index (κ1) is 133. The summed E-state index contributed by atoms with van der Waals surface area (Å²) in [5.41, 5.74) is -49.4. The van der Waals surface area contributed by atoms with Gasteiger partial charge in [0.25, 0.3) is 39.2 Å². The first-order valence-corrected chi connectivity index (χ1v) is 40.5. The molecule has 0 aromatic carbocycles. The highest BCUT2D eigenvalue weighted by Crippen LogP contribution is 2.67. The first-order chi connectivity index (χ1) is 63.2. The maximum absolute atomic E-state index is 14.0. The van der Waals surface area contributed by atoms with Crippen LogP contribution in [0.1, 0.15) is 152 Å². The quantitative estimate of drug-likeness (QED) is 0.0286. The fraction of sp³-hybridized carbons (Fsp3) is 0.947. The van der Waals surface area contributed by atoms with Crippen LogP contribution in [-0.4, -0.2) is 244 Å². The van der Waals surface area contributed by atoms with E-state index in [-0.39, 0.29) is 38.5 Å². The molecule has 143 heavy (non-hydrogen) atoms. The monoisotopic (exact) mass is 2230 g/mol. The number of methoxy groups -OCH3 is 3. The summed E-state index contributed by atoms with van der Waals surface area (Å²) in [6, 6.07) is 0.742. The summed E-state index contributed by atoms with van der Waals surface area (Å²) in [6.45, 7) is -0.0742. The van der Waals surface area contributed by atoms with E-state index in [0.29, 0.717) is 33.0 Å². The van der Waals surface area contributed by atoms with Crippen molar-refractivity contribution in [2.24, 2.45) is 81.3 Å². The van der Waals surface area contributed by atoms with Crippen molar-refractivity contribution in [3.05, 3.63) is 0 Å². The number of halogens is 51. The van der Waals surface area contributed by atoms with E-state index < -0.39 is 349 Å². The number of rotatable bonds is 28. The second kappa shape index (κ2) is 44.1. The minimum absolute atomic E-state index is 0.106. The van der Waals surface area contributed by atoms with Crippen molar-refractivity contribution < 1.29 is 301 Å².